The van der Waals surface area contributed by atoms with Gasteiger partial charge in [-0.2, -0.15) is 0 Å². The predicted molar refractivity (Wildman–Crippen MR) is 78.7 cm³/mol. The Morgan fingerprint density at radius 2 is 2.10 bits per heavy atom. The Morgan fingerprint density at radius 1 is 1.30 bits per heavy atom. The number of aromatic nitrogens is 1. The number of hydrogen-bond acceptors (Lipinski definition) is 2. The SMILES string of the molecule is O=C(c1cc2ccccc2[nH]1)N(CCCCO)C1CC1. The standard InChI is InChI=1S/C16H20N2O2/c19-10-4-3-9-18(13-7-8-13)16(20)15-11-12-5-1-2-6-14(12)17-15/h1-2,5-6,11,13,17,19H,3-4,7-10H2. The first-order valence-electron chi connectivity index (χ1n) is 7.29. The van der Waals surface area contributed by atoms with Gasteiger partial charge in [0, 0.05) is 30.1 Å². The molecule has 0 spiro atoms. The lowest BCUT2D eigenvalue weighted by Gasteiger charge is -2.21. The van der Waals surface area contributed by atoms with Gasteiger partial charge in [-0.1, -0.05) is 18.2 Å². The average Bonchev–Trinajstić information content (AvgIpc) is 3.20. The number of unbranched alkanes of at least 4 members (excludes halogenated alkanes) is 1. The van der Waals surface area contributed by atoms with Crippen LogP contribution >= 0.6 is 0 Å². The lowest BCUT2D eigenvalue weighted by molar-refractivity contribution is 0.0732. The van der Waals surface area contributed by atoms with Crippen LogP contribution in [0.5, 0.6) is 0 Å². The summed E-state index contributed by atoms with van der Waals surface area (Å²) in [5.74, 6) is 0.0849. The Hall–Kier alpha value is -1.81. The predicted octanol–water partition coefficient (Wildman–Crippen LogP) is 2.55. The first-order valence-corrected chi connectivity index (χ1v) is 7.29. The van der Waals surface area contributed by atoms with Crippen molar-refractivity contribution in [3.63, 3.8) is 0 Å². The number of H-pyrrole nitrogens is 1. The maximum absolute atomic E-state index is 12.6. The van der Waals surface area contributed by atoms with Crippen molar-refractivity contribution in [1.82, 2.24) is 9.88 Å². The number of hydrogen-bond donors (Lipinski definition) is 2. The zero-order valence-electron chi connectivity index (χ0n) is 11.5. The molecule has 2 aromatic rings. The van der Waals surface area contributed by atoms with Crippen LogP contribution in [0, 0.1) is 0 Å². The zero-order chi connectivity index (χ0) is 13.9. The molecule has 106 valence electrons. The molecule has 1 aliphatic carbocycles. The largest absolute Gasteiger partial charge is 0.396 e. The maximum Gasteiger partial charge on any atom is 0.270 e. The Balaban J connectivity index is 1.77. The summed E-state index contributed by atoms with van der Waals surface area (Å²) in [6, 6.07) is 10.3. The number of nitrogens with zero attached hydrogens (tertiary/aromatic N) is 1. The van der Waals surface area contributed by atoms with Gasteiger partial charge in [0.05, 0.1) is 0 Å². The summed E-state index contributed by atoms with van der Waals surface area (Å²) in [5.41, 5.74) is 1.67. The number of aliphatic hydroxyl groups is 1. The van der Waals surface area contributed by atoms with Crippen LogP contribution in [0.25, 0.3) is 10.9 Å². The summed E-state index contributed by atoms with van der Waals surface area (Å²) in [4.78, 5) is 17.8. The molecule has 4 nitrogen and oxygen atoms in total. The quantitative estimate of drug-likeness (QED) is 0.794. The van der Waals surface area contributed by atoms with Gasteiger partial charge in [-0.05, 0) is 37.8 Å². The second-order valence-electron chi connectivity index (χ2n) is 5.43. The number of aromatic amines is 1. The van der Waals surface area contributed by atoms with Crippen LogP contribution in [0.4, 0.5) is 0 Å². The fraction of sp³-hybridized carbons (Fsp3) is 0.438. The van der Waals surface area contributed by atoms with Crippen molar-refractivity contribution >= 4 is 16.8 Å². The number of benzene rings is 1. The molecule has 0 saturated heterocycles. The van der Waals surface area contributed by atoms with Gasteiger partial charge < -0.3 is 15.0 Å². The van der Waals surface area contributed by atoms with E-state index < -0.39 is 0 Å². The third kappa shape index (κ3) is 2.70. The van der Waals surface area contributed by atoms with Crippen LogP contribution in [0.1, 0.15) is 36.2 Å². The lowest BCUT2D eigenvalue weighted by Crippen LogP contribution is -2.34. The minimum absolute atomic E-state index is 0.0849. The van der Waals surface area contributed by atoms with Crippen LogP contribution < -0.4 is 0 Å². The second-order valence-corrected chi connectivity index (χ2v) is 5.43. The van der Waals surface area contributed by atoms with E-state index in [9.17, 15) is 4.79 Å². The summed E-state index contributed by atoms with van der Waals surface area (Å²) < 4.78 is 0. The highest BCUT2D eigenvalue weighted by molar-refractivity contribution is 5.98. The van der Waals surface area contributed by atoms with Gasteiger partial charge >= 0.3 is 0 Å². The fourth-order valence-corrected chi connectivity index (χ4v) is 2.57. The average molecular weight is 272 g/mol. The Kier molecular flexibility index (Phi) is 3.74. The molecule has 0 atom stereocenters. The number of para-hydroxylation sites is 1. The van der Waals surface area contributed by atoms with Crippen LogP contribution in [-0.2, 0) is 0 Å². The number of amides is 1. The lowest BCUT2D eigenvalue weighted by atomic mass is 10.2. The van der Waals surface area contributed by atoms with Crippen molar-refractivity contribution in [2.75, 3.05) is 13.2 Å². The van der Waals surface area contributed by atoms with E-state index in [0.29, 0.717) is 11.7 Å². The molecule has 1 saturated carbocycles. The van der Waals surface area contributed by atoms with E-state index in [1.54, 1.807) is 0 Å². The first kappa shape index (κ1) is 13.2. The van der Waals surface area contributed by atoms with Gasteiger partial charge in [0.25, 0.3) is 5.91 Å². The zero-order valence-corrected chi connectivity index (χ0v) is 11.5. The van der Waals surface area contributed by atoms with Crippen LogP contribution in [-0.4, -0.2) is 40.1 Å². The molecule has 1 aromatic heterocycles. The number of rotatable bonds is 6. The number of aliphatic hydroxyl groups excluding tert-OH is 1. The van der Waals surface area contributed by atoms with E-state index in [4.69, 9.17) is 5.11 Å². The van der Waals surface area contributed by atoms with Crippen molar-refractivity contribution < 1.29 is 9.90 Å². The third-order valence-corrected chi connectivity index (χ3v) is 3.82. The summed E-state index contributed by atoms with van der Waals surface area (Å²) in [6.07, 6.45) is 3.82. The highest BCUT2D eigenvalue weighted by atomic mass is 16.3. The van der Waals surface area contributed by atoms with E-state index in [-0.39, 0.29) is 12.5 Å². The number of fused-ring (bicyclic) bond motifs is 1. The van der Waals surface area contributed by atoms with Crippen molar-refractivity contribution in [3.05, 3.63) is 36.0 Å². The van der Waals surface area contributed by atoms with E-state index in [1.165, 1.54) is 0 Å². The summed E-state index contributed by atoms with van der Waals surface area (Å²) in [6.45, 7) is 0.929. The minimum atomic E-state index is 0.0849. The van der Waals surface area contributed by atoms with Crippen molar-refractivity contribution in [2.45, 2.75) is 31.7 Å². The molecule has 0 aliphatic heterocycles. The van der Waals surface area contributed by atoms with Gasteiger partial charge in [0.1, 0.15) is 5.69 Å². The monoisotopic (exact) mass is 272 g/mol. The van der Waals surface area contributed by atoms with Crippen molar-refractivity contribution in [2.24, 2.45) is 0 Å². The molecule has 0 unspecified atom stereocenters. The Morgan fingerprint density at radius 3 is 2.80 bits per heavy atom. The normalized spacial score (nSPS) is 14.7. The molecule has 2 N–H and O–H groups in total. The van der Waals surface area contributed by atoms with E-state index >= 15 is 0 Å². The minimum Gasteiger partial charge on any atom is -0.396 e. The van der Waals surface area contributed by atoms with Gasteiger partial charge in [0.15, 0.2) is 0 Å². The van der Waals surface area contributed by atoms with Crippen LogP contribution in [0.2, 0.25) is 0 Å². The Bertz CT molecular complexity index is 568. The first-order chi connectivity index (χ1) is 9.79. The smallest absolute Gasteiger partial charge is 0.270 e. The van der Waals surface area contributed by atoms with Gasteiger partial charge in [-0.15, -0.1) is 0 Å². The third-order valence-electron chi connectivity index (χ3n) is 3.82. The molecule has 0 bridgehead atoms. The summed E-state index contributed by atoms with van der Waals surface area (Å²) >= 11 is 0. The van der Waals surface area contributed by atoms with Gasteiger partial charge in [-0.25, -0.2) is 0 Å². The number of carbonyl (C=O) groups excluding carboxylic acids is 1. The molecule has 1 amide bonds. The molecule has 1 aliphatic rings. The maximum atomic E-state index is 12.6. The highest BCUT2D eigenvalue weighted by Crippen LogP contribution is 2.29. The van der Waals surface area contributed by atoms with Gasteiger partial charge in [-0.3, -0.25) is 4.79 Å². The molecule has 20 heavy (non-hydrogen) atoms. The molecule has 1 fully saturated rings. The molecule has 0 radical (unpaired) electrons. The Labute approximate surface area is 118 Å². The number of carbonyl (C=O) groups is 1. The van der Waals surface area contributed by atoms with E-state index in [0.717, 1.165) is 43.1 Å². The molecular weight excluding hydrogens is 252 g/mol. The summed E-state index contributed by atoms with van der Waals surface area (Å²) in [7, 11) is 0. The van der Waals surface area contributed by atoms with E-state index in [1.807, 2.05) is 35.2 Å². The molecule has 1 aromatic carbocycles. The highest BCUT2D eigenvalue weighted by Gasteiger charge is 2.33. The van der Waals surface area contributed by atoms with Crippen LogP contribution in [0.3, 0.4) is 0 Å². The van der Waals surface area contributed by atoms with Crippen LogP contribution in [0.15, 0.2) is 30.3 Å². The van der Waals surface area contributed by atoms with Crippen molar-refractivity contribution in [3.8, 4) is 0 Å². The van der Waals surface area contributed by atoms with E-state index in [2.05, 4.69) is 4.98 Å². The number of nitrogens with one attached hydrogen (secondary N) is 1. The molecule has 3 rings (SSSR count). The molecule has 1 heterocycles. The van der Waals surface area contributed by atoms with Crippen molar-refractivity contribution in [1.29, 1.82) is 0 Å². The topological polar surface area (TPSA) is 56.3 Å². The summed E-state index contributed by atoms with van der Waals surface area (Å²) in [5, 5.41) is 9.95. The van der Waals surface area contributed by atoms with Gasteiger partial charge in [0.2, 0.25) is 0 Å². The molecule has 4 heteroatoms. The second kappa shape index (κ2) is 5.67. The fourth-order valence-electron chi connectivity index (χ4n) is 2.57. The molecular formula is C16H20N2O2.